The summed E-state index contributed by atoms with van der Waals surface area (Å²) in [6, 6.07) is 9.24. The molecule has 0 heterocycles. The first kappa shape index (κ1) is 23.4. The second kappa shape index (κ2) is 9.52. The molecule has 0 saturated heterocycles. The van der Waals surface area contributed by atoms with Gasteiger partial charge in [0.25, 0.3) is 0 Å². The van der Waals surface area contributed by atoms with Crippen LogP contribution < -0.4 is 5.32 Å². The van der Waals surface area contributed by atoms with Gasteiger partial charge >= 0.3 is 16.3 Å². The monoisotopic (exact) mass is 399 g/mol. The Balaban J connectivity index is 2.78. The van der Waals surface area contributed by atoms with Crippen molar-refractivity contribution in [2.24, 2.45) is 5.41 Å². The van der Waals surface area contributed by atoms with Gasteiger partial charge in [0.2, 0.25) is 0 Å². The Morgan fingerprint density at radius 2 is 1.70 bits per heavy atom. The maximum atomic E-state index is 12.8. The zero-order chi connectivity index (χ0) is 20.8. The summed E-state index contributed by atoms with van der Waals surface area (Å²) in [4.78, 5) is 12.2. The second-order valence-corrected chi connectivity index (χ2v) is 10.1. The Bertz CT molecular complexity index is 699. The van der Waals surface area contributed by atoms with Crippen molar-refractivity contribution >= 4 is 16.3 Å². The average molecular weight is 400 g/mol. The molecule has 1 rings (SSSR count). The summed E-state index contributed by atoms with van der Waals surface area (Å²) in [5.41, 5.74) is 0.638. The minimum atomic E-state index is -3.98. The number of ether oxygens (including phenoxy) is 1. The molecule has 0 saturated carbocycles. The van der Waals surface area contributed by atoms with E-state index in [0.29, 0.717) is 4.31 Å². The van der Waals surface area contributed by atoms with Crippen LogP contribution >= 0.6 is 0 Å². The topological polar surface area (TPSA) is 79.0 Å². The Hall–Kier alpha value is -1.64. The van der Waals surface area contributed by atoms with Crippen LogP contribution in [0.25, 0.3) is 0 Å². The van der Waals surface area contributed by atoms with E-state index in [-0.39, 0.29) is 30.7 Å². The number of carbonyl (C=O) groups excluding carboxylic acids is 1. The van der Waals surface area contributed by atoms with Crippen molar-refractivity contribution < 1.29 is 17.9 Å². The van der Waals surface area contributed by atoms with Gasteiger partial charge < -0.3 is 10.1 Å². The molecule has 27 heavy (non-hydrogen) atoms. The number of benzene rings is 1. The maximum Gasteiger partial charge on any atom is 0.424 e. The molecule has 1 atom stereocenters. The average Bonchev–Trinajstić information content (AvgIpc) is 2.57. The van der Waals surface area contributed by atoms with E-state index in [0.717, 1.165) is 5.56 Å². The molecule has 154 valence electrons. The smallest absolute Gasteiger partial charge is 0.424 e. The molecular weight excluding hydrogens is 366 g/mol. The second-order valence-electron chi connectivity index (χ2n) is 8.04. The maximum absolute atomic E-state index is 12.8. The number of amides is 1. The molecule has 1 aromatic rings. The number of likely N-dealkylation sites (N-methyl/N-ethyl adjacent to an activating group) is 1. The summed E-state index contributed by atoms with van der Waals surface area (Å²) in [6.07, 6.45) is -0.908. The zero-order valence-corrected chi connectivity index (χ0v) is 18.2. The third-order valence-electron chi connectivity index (χ3n) is 4.22. The molecule has 0 bridgehead atoms. The molecule has 0 aromatic heterocycles. The van der Waals surface area contributed by atoms with Gasteiger partial charge in [0.15, 0.2) is 0 Å². The van der Waals surface area contributed by atoms with Crippen LogP contribution in [0.3, 0.4) is 0 Å². The fraction of sp³-hybridized carbons (Fsp3) is 0.632. The largest absolute Gasteiger partial charge is 0.444 e. The van der Waals surface area contributed by atoms with Crippen LogP contribution in [0, 0.1) is 5.41 Å². The van der Waals surface area contributed by atoms with Crippen molar-refractivity contribution in [1.29, 1.82) is 0 Å². The van der Waals surface area contributed by atoms with Gasteiger partial charge in [-0.25, -0.2) is 4.79 Å². The van der Waals surface area contributed by atoms with Crippen molar-refractivity contribution in [3.8, 4) is 0 Å². The molecule has 8 heteroatoms. The van der Waals surface area contributed by atoms with Gasteiger partial charge in [0.1, 0.15) is 6.61 Å². The Labute approximate surface area is 163 Å². The highest BCUT2D eigenvalue weighted by molar-refractivity contribution is 7.87. The lowest BCUT2D eigenvalue weighted by atomic mass is 9.86. The molecule has 0 radical (unpaired) electrons. The van der Waals surface area contributed by atoms with Crippen LogP contribution in [0.1, 0.15) is 40.2 Å². The Kier molecular flexibility index (Phi) is 8.25. The van der Waals surface area contributed by atoms with E-state index in [4.69, 9.17) is 4.74 Å². The van der Waals surface area contributed by atoms with Gasteiger partial charge in [-0.1, -0.05) is 65.0 Å². The highest BCUT2D eigenvalue weighted by Gasteiger charge is 2.34. The van der Waals surface area contributed by atoms with E-state index in [1.165, 1.54) is 18.4 Å². The quantitative estimate of drug-likeness (QED) is 0.727. The molecule has 0 aliphatic heterocycles. The highest BCUT2D eigenvalue weighted by Crippen LogP contribution is 2.22. The van der Waals surface area contributed by atoms with E-state index < -0.39 is 16.3 Å². The van der Waals surface area contributed by atoms with Crippen LogP contribution in [0.4, 0.5) is 4.79 Å². The summed E-state index contributed by atoms with van der Waals surface area (Å²) in [7, 11) is -1.30. The van der Waals surface area contributed by atoms with Crippen LogP contribution in [0.2, 0.25) is 0 Å². The first-order valence-corrected chi connectivity index (χ1v) is 10.4. The first-order valence-electron chi connectivity index (χ1n) is 9.02. The molecule has 1 amide bonds. The fourth-order valence-electron chi connectivity index (χ4n) is 2.44. The zero-order valence-electron chi connectivity index (χ0n) is 17.4. The predicted octanol–water partition coefficient (Wildman–Crippen LogP) is 2.84. The molecule has 0 aliphatic carbocycles. The number of nitrogens with zero attached hydrogens (tertiary/aromatic N) is 2. The summed E-state index contributed by atoms with van der Waals surface area (Å²) in [5, 5.41) is 3.40. The highest BCUT2D eigenvalue weighted by atomic mass is 32.2. The summed E-state index contributed by atoms with van der Waals surface area (Å²) in [6.45, 7) is 10.4. The van der Waals surface area contributed by atoms with Crippen LogP contribution in [0.15, 0.2) is 30.3 Å². The Morgan fingerprint density at radius 1 is 1.15 bits per heavy atom. The standard InChI is InChI=1S/C19H33N3O4S/c1-15(2)20-17(19(3,4)5)13-21(6)27(24,25)22(7)18(23)26-14-16-11-9-8-10-12-16/h8-12,15,17,20H,13-14H2,1-7H3/t17-/m1/s1. The Morgan fingerprint density at radius 3 is 2.19 bits per heavy atom. The lowest BCUT2D eigenvalue weighted by Gasteiger charge is -2.36. The minimum absolute atomic E-state index is 0.0166. The van der Waals surface area contributed by atoms with E-state index in [2.05, 4.69) is 5.32 Å². The number of hydrogen-bond donors (Lipinski definition) is 1. The van der Waals surface area contributed by atoms with Crippen molar-refractivity contribution in [2.45, 2.75) is 53.3 Å². The lowest BCUT2D eigenvalue weighted by Crippen LogP contribution is -2.53. The van der Waals surface area contributed by atoms with E-state index >= 15 is 0 Å². The van der Waals surface area contributed by atoms with E-state index in [1.807, 2.05) is 52.8 Å². The molecule has 0 unspecified atom stereocenters. The third-order valence-corrected chi connectivity index (χ3v) is 6.00. The molecule has 0 fully saturated rings. The molecule has 1 aromatic carbocycles. The van der Waals surface area contributed by atoms with Crippen LogP contribution in [-0.2, 0) is 21.6 Å². The number of hydrogen-bond acceptors (Lipinski definition) is 5. The molecule has 7 nitrogen and oxygen atoms in total. The number of rotatable bonds is 8. The fourth-order valence-corrected chi connectivity index (χ4v) is 3.44. The third kappa shape index (κ3) is 7.12. The summed E-state index contributed by atoms with van der Waals surface area (Å²) >= 11 is 0. The van der Waals surface area contributed by atoms with Gasteiger partial charge in [0, 0.05) is 32.7 Å². The predicted molar refractivity (Wildman–Crippen MR) is 107 cm³/mol. The minimum Gasteiger partial charge on any atom is -0.444 e. The van der Waals surface area contributed by atoms with Gasteiger partial charge in [-0.3, -0.25) is 0 Å². The van der Waals surface area contributed by atoms with Crippen LogP contribution in [0.5, 0.6) is 0 Å². The molecule has 0 spiro atoms. The normalized spacial score (nSPS) is 13.7. The van der Waals surface area contributed by atoms with Gasteiger partial charge in [-0.05, 0) is 11.0 Å². The lowest BCUT2D eigenvalue weighted by molar-refractivity contribution is 0.122. The van der Waals surface area contributed by atoms with E-state index in [1.54, 1.807) is 12.1 Å². The summed E-state index contributed by atoms with van der Waals surface area (Å²) < 4.78 is 32.5. The van der Waals surface area contributed by atoms with E-state index in [9.17, 15) is 13.2 Å². The number of nitrogens with one attached hydrogen (secondary N) is 1. The SMILES string of the molecule is CC(C)N[C@H](CN(C)S(=O)(=O)N(C)C(=O)OCc1ccccc1)C(C)(C)C. The molecule has 0 aliphatic rings. The molecular formula is C19H33N3O4S. The molecule has 1 N–H and O–H groups in total. The van der Waals surface area contributed by atoms with Gasteiger partial charge in [-0.2, -0.15) is 17.0 Å². The first-order chi connectivity index (χ1) is 12.4. The van der Waals surface area contributed by atoms with Crippen molar-refractivity contribution in [3.63, 3.8) is 0 Å². The van der Waals surface area contributed by atoms with Crippen molar-refractivity contribution in [1.82, 2.24) is 13.9 Å². The van der Waals surface area contributed by atoms with Gasteiger partial charge in [-0.15, -0.1) is 0 Å². The number of carbonyl (C=O) groups is 1. The van der Waals surface area contributed by atoms with Crippen molar-refractivity contribution in [3.05, 3.63) is 35.9 Å². The summed E-state index contributed by atoms with van der Waals surface area (Å²) in [5.74, 6) is 0. The van der Waals surface area contributed by atoms with Crippen LogP contribution in [-0.4, -0.2) is 55.8 Å². The van der Waals surface area contributed by atoms with Crippen molar-refractivity contribution in [2.75, 3.05) is 20.6 Å². The van der Waals surface area contributed by atoms with Gasteiger partial charge in [0.05, 0.1) is 0 Å².